The maximum absolute atomic E-state index is 11.8. The van der Waals surface area contributed by atoms with Crippen LogP contribution in [0, 0.1) is 0 Å². The molecular weight excluding hydrogens is 300 g/mol. The van der Waals surface area contributed by atoms with Crippen molar-refractivity contribution in [3.63, 3.8) is 0 Å². The Morgan fingerprint density at radius 3 is 2.83 bits per heavy atom. The number of furan rings is 1. The molecule has 0 unspecified atom stereocenters. The van der Waals surface area contributed by atoms with Gasteiger partial charge in [0.2, 0.25) is 0 Å². The van der Waals surface area contributed by atoms with Crippen LogP contribution in [0.5, 0.6) is 0 Å². The summed E-state index contributed by atoms with van der Waals surface area (Å²) in [5, 5.41) is 0.752. The van der Waals surface area contributed by atoms with Crippen LogP contribution in [0.3, 0.4) is 0 Å². The number of methoxy groups -OCH3 is 2. The predicted molar refractivity (Wildman–Crippen MR) is 70.8 cm³/mol. The average Bonchev–Trinajstić information content (AvgIpc) is 2.73. The molecule has 0 N–H and O–H groups in total. The van der Waals surface area contributed by atoms with Crippen molar-refractivity contribution >= 4 is 32.9 Å². The quantitative estimate of drug-likeness (QED) is 0.814. The molecule has 0 amide bonds. The zero-order valence-corrected chi connectivity index (χ0v) is 11.7. The smallest absolute Gasteiger partial charge is 0.342 e. The van der Waals surface area contributed by atoms with Crippen LogP contribution in [0.25, 0.3) is 11.0 Å². The number of ether oxygens (including phenoxy) is 2. The van der Waals surface area contributed by atoms with Gasteiger partial charge in [-0.15, -0.1) is 0 Å². The van der Waals surface area contributed by atoms with Gasteiger partial charge in [0.25, 0.3) is 0 Å². The number of halogens is 1. The second-order valence-corrected chi connectivity index (χ2v) is 4.69. The number of benzene rings is 1. The summed E-state index contributed by atoms with van der Waals surface area (Å²) in [6.45, 7) is 0.491. The fourth-order valence-corrected chi connectivity index (χ4v) is 2.18. The number of carbonyl (C=O) groups is 1. The Morgan fingerprint density at radius 2 is 2.17 bits per heavy atom. The second kappa shape index (κ2) is 5.54. The summed E-state index contributed by atoms with van der Waals surface area (Å²) in [5.74, 6) is 0.203. The molecule has 2 rings (SSSR count). The molecule has 4 nitrogen and oxygen atoms in total. The molecular formula is C13H13BrO4. The molecule has 0 aliphatic rings. The van der Waals surface area contributed by atoms with Crippen molar-refractivity contribution in [2.75, 3.05) is 20.8 Å². The highest BCUT2D eigenvalue weighted by molar-refractivity contribution is 9.10. The Kier molecular flexibility index (Phi) is 4.04. The van der Waals surface area contributed by atoms with E-state index >= 15 is 0 Å². The lowest BCUT2D eigenvalue weighted by Gasteiger charge is -2.00. The van der Waals surface area contributed by atoms with E-state index in [-0.39, 0.29) is 0 Å². The van der Waals surface area contributed by atoms with E-state index in [1.54, 1.807) is 7.11 Å². The van der Waals surface area contributed by atoms with Gasteiger partial charge in [0.15, 0.2) is 0 Å². The van der Waals surface area contributed by atoms with E-state index in [0.717, 1.165) is 9.86 Å². The maximum Gasteiger partial charge on any atom is 0.342 e. The average molecular weight is 313 g/mol. The summed E-state index contributed by atoms with van der Waals surface area (Å²) < 4.78 is 16.4. The standard InChI is InChI=1S/C13H13BrO4/c1-16-6-5-11-12(13(15)17-2)9-7-8(14)3-4-10(9)18-11/h3-4,7H,5-6H2,1-2H3. The summed E-state index contributed by atoms with van der Waals surface area (Å²) in [5.41, 5.74) is 1.15. The van der Waals surface area contributed by atoms with Gasteiger partial charge in [-0.25, -0.2) is 4.79 Å². The first-order valence-corrected chi connectivity index (χ1v) is 6.25. The molecule has 1 aromatic carbocycles. The minimum Gasteiger partial charge on any atom is -0.465 e. The Labute approximate surface area is 113 Å². The number of esters is 1. The van der Waals surface area contributed by atoms with Crippen LogP contribution in [0.1, 0.15) is 16.1 Å². The Bertz CT molecular complexity index is 574. The fourth-order valence-electron chi connectivity index (χ4n) is 1.82. The van der Waals surface area contributed by atoms with Gasteiger partial charge in [0.05, 0.1) is 13.7 Å². The van der Waals surface area contributed by atoms with Gasteiger partial charge in [-0.2, -0.15) is 0 Å². The van der Waals surface area contributed by atoms with Crippen molar-refractivity contribution in [3.8, 4) is 0 Å². The van der Waals surface area contributed by atoms with E-state index in [1.165, 1.54) is 7.11 Å². The van der Waals surface area contributed by atoms with Crippen molar-refractivity contribution < 1.29 is 18.7 Å². The Morgan fingerprint density at radius 1 is 1.39 bits per heavy atom. The highest BCUT2D eigenvalue weighted by Gasteiger charge is 2.21. The van der Waals surface area contributed by atoms with Gasteiger partial charge in [0.1, 0.15) is 16.9 Å². The number of carbonyl (C=O) groups excluding carboxylic acids is 1. The topological polar surface area (TPSA) is 48.7 Å². The normalized spacial score (nSPS) is 10.8. The lowest BCUT2D eigenvalue weighted by Crippen LogP contribution is -2.05. The molecule has 0 spiro atoms. The molecule has 0 saturated carbocycles. The lowest BCUT2D eigenvalue weighted by molar-refractivity contribution is 0.0599. The van der Waals surface area contributed by atoms with Gasteiger partial charge in [-0.1, -0.05) is 15.9 Å². The van der Waals surface area contributed by atoms with Crippen LogP contribution in [-0.4, -0.2) is 26.8 Å². The van der Waals surface area contributed by atoms with Crippen LogP contribution in [-0.2, 0) is 15.9 Å². The molecule has 0 fully saturated rings. The molecule has 0 bridgehead atoms. The minimum atomic E-state index is -0.391. The molecule has 0 aliphatic heterocycles. The highest BCUT2D eigenvalue weighted by atomic mass is 79.9. The first kappa shape index (κ1) is 13.1. The van der Waals surface area contributed by atoms with Gasteiger partial charge in [0, 0.05) is 23.4 Å². The second-order valence-electron chi connectivity index (χ2n) is 3.78. The molecule has 1 heterocycles. The Hall–Kier alpha value is -1.33. The van der Waals surface area contributed by atoms with Gasteiger partial charge in [-0.3, -0.25) is 0 Å². The maximum atomic E-state index is 11.8. The monoisotopic (exact) mass is 312 g/mol. The van der Waals surface area contributed by atoms with Gasteiger partial charge < -0.3 is 13.9 Å². The third-order valence-corrected chi connectivity index (χ3v) is 3.14. The number of fused-ring (bicyclic) bond motifs is 1. The van der Waals surface area contributed by atoms with Crippen LogP contribution < -0.4 is 0 Å². The van der Waals surface area contributed by atoms with Crippen molar-refractivity contribution in [3.05, 3.63) is 34.0 Å². The molecule has 96 valence electrons. The first-order valence-electron chi connectivity index (χ1n) is 5.45. The van der Waals surface area contributed by atoms with E-state index in [4.69, 9.17) is 13.9 Å². The van der Waals surface area contributed by atoms with E-state index in [0.29, 0.717) is 29.9 Å². The summed E-state index contributed by atoms with van der Waals surface area (Å²) in [4.78, 5) is 11.8. The van der Waals surface area contributed by atoms with Crippen LogP contribution in [0.15, 0.2) is 27.1 Å². The van der Waals surface area contributed by atoms with E-state index in [2.05, 4.69) is 15.9 Å². The lowest BCUT2D eigenvalue weighted by atomic mass is 10.1. The van der Waals surface area contributed by atoms with E-state index in [9.17, 15) is 4.79 Å². The molecule has 0 radical (unpaired) electrons. The van der Waals surface area contributed by atoms with Crippen LogP contribution >= 0.6 is 15.9 Å². The molecule has 0 saturated heterocycles. The van der Waals surface area contributed by atoms with Gasteiger partial charge >= 0.3 is 5.97 Å². The largest absolute Gasteiger partial charge is 0.465 e. The van der Waals surface area contributed by atoms with Gasteiger partial charge in [-0.05, 0) is 18.2 Å². The molecule has 2 aromatic rings. The van der Waals surface area contributed by atoms with E-state index in [1.807, 2.05) is 18.2 Å². The fraction of sp³-hybridized carbons (Fsp3) is 0.308. The molecule has 5 heteroatoms. The summed E-state index contributed by atoms with van der Waals surface area (Å²) >= 11 is 3.38. The summed E-state index contributed by atoms with van der Waals surface area (Å²) in [6, 6.07) is 5.54. The Balaban J connectivity index is 2.57. The summed E-state index contributed by atoms with van der Waals surface area (Å²) in [7, 11) is 2.97. The molecule has 18 heavy (non-hydrogen) atoms. The summed E-state index contributed by atoms with van der Waals surface area (Å²) in [6.07, 6.45) is 0.535. The predicted octanol–water partition coefficient (Wildman–Crippen LogP) is 3.17. The number of rotatable bonds is 4. The SMILES string of the molecule is COCCc1oc2ccc(Br)cc2c1C(=O)OC. The third-order valence-electron chi connectivity index (χ3n) is 2.65. The van der Waals surface area contributed by atoms with Crippen LogP contribution in [0.4, 0.5) is 0 Å². The zero-order chi connectivity index (χ0) is 13.1. The van der Waals surface area contributed by atoms with Crippen molar-refractivity contribution in [2.45, 2.75) is 6.42 Å². The number of hydrogen-bond acceptors (Lipinski definition) is 4. The third kappa shape index (κ3) is 2.42. The van der Waals surface area contributed by atoms with Crippen molar-refractivity contribution in [1.82, 2.24) is 0 Å². The molecule has 0 atom stereocenters. The van der Waals surface area contributed by atoms with Crippen LogP contribution in [0.2, 0.25) is 0 Å². The highest BCUT2D eigenvalue weighted by Crippen LogP contribution is 2.29. The van der Waals surface area contributed by atoms with Crippen molar-refractivity contribution in [2.24, 2.45) is 0 Å². The first-order chi connectivity index (χ1) is 8.67. The molecule has 0 aliphatic carbocycles. The molecule has 1 aromatic heterocycles. The van der Waals surface area contributed by atoms with E-state index < -0.39 is 5.97 Å². The minimum absolute atomic E-state index is 0.391. The zero-order valence-electron chi connectivity index (χ0n) is 10.2. The van der Waals surface area contributed by atoms with Crippen molar-refractivity contribution in [1.29, 1.82) is 0 Å². The number of hydrogen-bond donors (Lipinski definition) is 0.